The molecule has 0 aliphatic rings. The van der Waals surface area contributed by atoms with Gasteiger partial charge in [0.2, 0.25) is 0 Å². The van der Waals surface area contributed by atoms with Crippen LogP contribution in [0.3, 0.4) is 0 Å². The Balaban J connectivity index is 4.26. The fourth-order valence-corrected chi connectivity index (χ4v) is 1.00. The molecule has 0 radical (unpaired) electrons. The number of carbonyl (C=O) groups is 1. The summed E-state index contributed by atoms with van der Waals surface area (Å²) in [5.74, 6) is 2.40. The van der Waals surface area contributed by atoms with Crippen molar-refractivity contribution in [2.24, 2.45) is 0 Å². The maximum absolute atomic E-state index is 11.7. The minimum absolute atomic E-state index is 0.00600. The Bertz CT molecular complexity index is 226. The van der Waals surface area contributed by atoms with Gasteiger partial charge in [0.1, 0.15) is 5.60 Å². The van der Waals surface area contributed by atoms with Gasteiger partial charge in [-0.3, -0.25) is 4.79 Å². The predicted molar refractivity (Wildman–Crippen MR) is 56.8 cm³/mol. The van der Waals surface area contributed by atoms with Gasteiger partial charge in [0.15, 0.2) is 0 Å². The highest BCUT2D eigenvalue weighted by molar-refractivity contribution is 5.84. The van der Waals surface area contributed by atoms with Crippen molar-refractivity contribution in [3.8, 4) is 12.3 Å². The summed E-state index contributed by atoms with van der Waals surface area (Å²) in [5.41, 5.74) is -0.747. The Labute approximate surface area is 86.2 Å². The summed E-state index contributed by atoms with van der Waals surface area (Å²) < 4.78 is 5.16. The van der Waals surface area contributed by atoms with Gasteiger partial charge in [-0.15, -0.1) is 12.3 Å². The van der Waals surface area contributed by atoms with E-state index in [0.717, 1.165) is 0 Å². The van der Waals surface area contributed by atoms with Crippen LogP contribution >= 0.6 is 0 Å². The van der Waals surface area contributed by atoms with E-state index in [-0.39, 0.29) is 11.9 Å². The average molecular weight is 197 g/mol. The molecule has 0 bridgehead atoms. The fourth-order valence-electron chi connectivity index (χ4n) is 1.00. The van der Waals surface area contributed by atoms with Gasteiger partial charge in [-0.25, -0.2) is 0 Å². The molecule has 0 rings (SSSR count). The molecule has 0 heterocycles. The molecule has 0 fully saturated rings. The zero-order valence-corrected chi connectivity index (χ0v) is 9.39. The minimum Gasteiger partial charge on any atom is -0.369 e. The Morgan fingerprint density at radius 2 is 2.29 bits per heavy atom. The number of rotatable bonds is 5. The van der Waals surface area contributed by atoms with Gasteiger partial charge in [-0.2, -0.15) is 0 Å². The first-order valence-corrected chi connectivity index (χ1v) is 4.79. The standard InChI is InChI=1S/C11H19NO2/c1-6-8-9(3)12-10(13)11(4,7-2)14-5/h1,9H,7-8H2,2-5H3,(H,12,13). The molecular weight excluding hydrogens is 178 g/mol. The molecule has 14 heavy (non-hydrogen) atoms. The lowest BCUT2D eigenvalue weighted by molar-refractivity contribution is -0.142. The predicted octanol–water partition coefficient (Wildman–Crippen LogP) is 1.33. The molecule has 2 atom stereocenters. The van der Waals surface area contributed by atoms with Crippen LogP contribution < -0.4 is 5.32 Å². The van der Waals surface area contributed by atoms with Crippen LogP contribution in [0, 0.1) is 12.3 Å². The summed E-state index contributed by atoms with van der Waals surface area (Å²) in [6.07, 6.45) is 6.32. The third-order valence-electron chi connectivity index (χ3n) is 2.41. The lowest BCUT2D eigenvalue weighted by Gasteiger charge is -2.26. The van der Waals surface area contributed by atoms with Crippen molar-refractivity contribution in [3.63, 3.8) is 0 Å². The van der Waals surface area contributed by atoms with Crippen molar-refractivity contribution >= 4 is 5.91 Å². The monoisotopic (exact) mass is 197 g/mol. The first-order valence-electron chi connectivity index (χ1n) is 4.79. The zero-order valence-electron chi connectivity index (χ0n) is 9.39. The second-order valence-corrected chi connectivity index (χ2v) is 3.57. The average Bonchev–Trinajstić information content (AvgIpc) is 2.16. The molecule has 0 aromatic heterocycles. The largest absolute Gasteiger partial charge is 0.369 e. The van der Waals surface area contributed by atoms with Crippen molar-refractivity contribution in [1.82, 2.24) is 5.32 Å². The molecule has 3 heteroatoms. The molecular formula is C11H19NO2. The van der Waals surface area contributed by atoms with Gasteiger partial charge < -0.3 is 10.1 Å². The molecule has 0 saturated heterocycles. The number of hydrogen-bond donors (Lipinski definition) is 1. The van der Waals surface area contributed by atoms with E-state index in [2.05, 4.69) is 11.2 Å². The van der Waals surface area contributed by atoms with Gasteiger partial charge >= 0.3 is 0 Å². The van der Waals surface area contributed by atoms with Gasteiger partial charge in [-0.05, 0) is 20.3 Å². The molecule has 1 N–H and O–H groups in total. The SMILES string of the molecule is C#CCC(C)NC(=O)C(C)(CC)OC. The second-order valence-electron chi connectivity index (χ2n) is 3.57. The lowest BCUT2D eigenvalue weighted by atomic mass is 10.0. The van der Waals surface area contributed by atoms with E-state index >= 15 is 0 Å². The molecule has 0 saturated carbocycles. The molecule has 80 valence electrons. The first-order chi connectivity index (χ1) is 6.50. The number of terminal acetylenes is 1. The first kappa shape index (κ1) is 13.0. The molecule has 0 aliphatic heterocycles. The van der Waals surface area contributed by atoms with Crippen LogP contribution in [0.15, 0.2) is 0 Å². The van der Waals surface area contributed by atoms with Gasteiger partial charge in [-0.1, -0.05) is 6.92 Å². The third kappa shape index (κ3) is 3.39. The van der Waals surface area contributed by atoms with Crippen molar-refractivity contribution in [1.29, 1.82) is 0 Å². The maximum atomic E-state index is 11.7. The van der Waals surface area contributed by atoms with Gasteiger partial charge in [0.25, 0.3) is 5.91 Å². The number of carbonyl (C=O) groups excluding carboxylic acids is 1. The zero-order chi connectivity index (χ0) is 11.2. The van der Waals surface area contributed by atoms with Crippen LogP contribution in [0.2, 0.25) is 0 Å². The van der Waals surface area contributed by atoms with E-state index < -0.39 is 5.60 Å². The highest BCUT2D eigenvalue weighted by Gasteiger charge is 2.31. The van der Waals surface area contributed by atoms with Crippen molar-refractivity contribution in [2.45, 2.75) is 45.3 Å². The van der Waals surface area contributed by atoms with E-state index in [4.69, 9.17) is 11.2 Å². The van der Waals surface area contributed by atoms with Crippen LogP contribution in [0.1, 0.15) is 33.6 Å². The Morgan fingerprint density at radius 3 is 2.64 bits per heavy atom. The van der Waals surface area contributed by atoms with E-state index in [9.17, 15) is 4.79 Å². The normalized spacial score (nSPS) is 16.5. The topological polar surface area (TPSA) is 38.3 Å². The van der Waals surface area contributed by atoms with E-state index in [0.29, 0.717) is 12.8 Å². The summed E-state index contributed by atoms with van der Waals surface area (Å²) in [7, 11) is 1.54. The van der Waals surface area contributed by atoms with Crippen LogP contribution in [0.5, 0.6) is 0 Å². The quantitative estimate of drug-likeness (QED) is 0.675. The highest BCUT2D eigenvalue weighted by atomic mass is 16.5. The summed E-state index contributed by atoms with van der Waals surface area (Å²) in [6.45, 7) is 5.56. The Hall–Kier alpha value is -1.01. The number of amides is 1. The van der Waals surface area contributed by atoms with Crippen molar-refractivity contribution in [3.05, 3.63) is 0 Å². The van der Waals surface area contributed by atoms with Crippen LogP contribution in [-0.4, -0.2) is 24.7 Å². The fraction of sp³-hybridized carbons (Fsp3) is 0.727. The van der Waals surface area contributed by atoms with Crippen LogP contribution in [-0.2, 0) is 9.53 Å². The number of ether oxygens (including phenoxy) is 1. The summed E-state index contributed by atoms with van der Waals surface area (Å²) in [4.78, 5) is 11.7. The molecule has 0 aliphatic carbocycles. The summed E-state index contributed by atoms with van der Waals surface area (Å²) >= 11 is 0. The van der Waals surface area contributed by atoms with Gasteiger partial charge in [0, 0.05) is 19.6 Å². The number of hydrogen-bond acceptors (Lipinski definition) is 2. The molecule has 0 aromatic rings. The Morgan fingerprint density at radius 1 is 1.71 bits per heavy atom. The van der Waals surface area contributed by atoms with Crippen molar-refractivity contribution < 1.29 is 9.53 Å². The smallest absolute Gasteiger partial charge is 0.252 e. The van der Waals surface area contributed by atoms with E-state index in [1.54, 1.807) is 6.92 Å². The third-order valence-corrected chi connectivity index (χ3v) is 2.41. The van der Waals surface area contributed by atoms with Gasteiger partial charge in [0.05, 0.1) is 0 Å². The number of methoxy groups -OCH3 is 1. The highest BCUT2D eigenvalue weighted by Crippen LogP contribution is 2.14. The Kier molecular flexibility index (Phi) is 5.26. The number of nitrogens with one attached hydrogen (secondary N) is 1. The molecule has 0 spiro atoms. The molecule has 2 unspecified atom stereocenters. The lowest BCUT2D eigenvalue weighted by Crippen LogP contribution is -2.48. The second kappa shape index (κ2) is 5.66. The summed E-state index contributed by atoms with van der Waals surface area (Å²) in [6, 6.07) is -0.00600. The van der Waals surface area contributed by atoms with Crippen molar-refractivity contribution in [2.75, 3.05) is 7.11 Å². The molecule has 0 aromatic carbocycles. The van der Waals surface area contributed by atoms with E-state index in [1.165, 1.54) is 7.11 Å². The summed E-state index contributed by atoms with van der Waals surface area (Å²) in [5, 5.41) is 2.82. The van der Waals surface area contributed by atoms with Crippen LogP contribution in [0.4, 0.5) is 0 Å². The van der Waals surface area contributed by atoms with Crippen LogP contribution in [0.25, 0.3) is 0 Å². The molecule has 3 nitrogen and oxygen atoms in total. The molecule has 1 amide bonds. The minimum atomic E-state index is -0.747. The van der Waals surface area contributed by atoms with E-state index in [1.807, 2.05) is 13.8 Å². The maximum Gasteiger partial charge on any atom is 0.252 e.